The lowest BCUT2D eigenvalue weighted by molar-refractivity contribution is 0.0697. The van der Waals surface area contributed by atoms with E-state index >= 15 is 0 Å². The molecular weight excluding hydrogens is 468 g/mol. The van der Waals surface area contributed by atoms with Crippen molar-refractivity contribution in [3.05, 3.63) is 77.6 Å². The maximum absolute atomic E-state index is 11.1. The third-order valence-electron chi connectivity index (χ3n) is 6.62. The molecule has 1 atom stereocenters. The predicted octanol–water partition coefficient (Wildman–Crippen LogP) is 5.81. The van der Waals surface area contributed by atoms with Gasteiger partial charge in [0, 0.05) is 12.3 Å². The highest BCUT2D eigenvalue weighted by Crippen LogP contribution is 2.27. The number of carboxylic acids is 1. The van der Waals surface area contributed by atoms with E-state index in [2.05, 4.69) is 20.6 Å². The van der Waals surface area contributed by atoms with Crippen LogP contribution in [-0.2, 0) is 0 Å². The summed E-state index contributed by atoms with van der Waals surface area (Å²) in [4.78, 5) is 20.3. The first-order chi connectivity index (χ1) is 17.9. The van der Waals surface area contributed by atoms with Gasteiger partial charge in [0.05, 0.1) is 29.6 Å². The Hall–Kier alpha value is -4.27. The van der Waals surface area contributed by atoms with Crippen LogP contribution in [0.1, 0.15) is 66.6 Å². The highest BCUT2D eigenvalue weighted by Gasteiger charge is 2.16. The van der Waals surface area contributed by atoms with Crippen LogP contribution in [0, 0.1) is 6.92 Å². The van der Waals surface area contributed by atoms with E-state index in [1.165, 1.54) is 19.3 Å². The summed E-state index contributed by atoms with van der Waals surface area (Å²) in [6, 6.07) is 14.4. The zero-order chi connectivity index (χ0) is 25.8. The summed E-state index contributed by atoms with van der Waals surface area (Å²) in [7, 11) is 0. The molecule has 1 aromatic carbocycles. The molecule has 190 valence electrons. The van der Waals surface area contributed by atoms with E-state index in [9.17, 15) is 4.79 Å². The van der Waals surface area contributed by atoms with Crippen molar-refractivity contribution < 1.29 is 14.6 Å². The Morgan fingerprint density at radius 3 is 2.59 bits per heavy atom. The molecule has 1 unspecified atom stereocenters. The fourth-order valence-electron chi connectivity index (χ4n) is 4.56. The molecule has 2 N–H and O–H groups in total. The van der Waals surface area contributed by atoms with E-state index in [0.717, 1.165) is 29.7 Å². The number of aromatic nitrogens is 5. The minimum absolute atomic E-state index is 0.123. The number of hydrogen-bond acceptors (Lipinski definition) is 7. The maximum Gasteiger partial charge on any atom is 0.335 e. The number of aryl methyl sites for hydroxylation is 1. The van der Waals surface area contributed by atoms with Crippen molar-refractivity contribution in [2.75, 3.05) is 5.32 Å². The molecular formula is C28H30N6O3. The second-order valence-corrected chi connectivity index (χ2v) is 9.48. The minimum Gasteiger partial charge on any atom is -0.490 e. The molecule has 3 aromatic heterocycles. The third kappa shape index (κ3) is 5.94. The van der Waals surface area contributed by atoms with Gasteiger partial charge in [0.15, 0.2) is 0 Å². The molecule has 9 nitrogen and oxygen atoms in total. The molecule has 0 spiro atoms. The average Bonchev–Trinajstić information content (AvgIpc) is 3.39. The molecule has 0 bridgehead atoms. The fraction of sp³-hybridized carbons (Fsp3) is 0.321. The molecule has 1 aliphatic carbocycles. The Balaban J connectivity index is 1.31. The fourth-order valence-corrected chi connectivity index (χ4v) is 4.56. The van der Waals surface area contributed by atoms with Crippen molar-refractivity contribution in [3.8, 4) is 17.1 Å². The van der Waals surface area contributed by atoms with Crippen LogP contribution in [0.2, 0.25) is 0 Å². The van der Waals surface area contributed by atoms with Gasteiger partial charge >= 0.3 is 5.97 Å². The van der Waals surface area contributed by atoms with Gasteiger partial charge in [-0.3, -0.25) is 0 Å². The standard InChI is InChI=1S/C28H30N6O3/c1-18-14-24(25-17-34(33-32-25)19(2)20-8-10-21(11-9-20)28(35)36)30-27(15-18)31-26-16-23(12-13-29-26)37-22-6-4-3-5-7-22/h8-17,19,22H,3-7H2,1-2H3,(H,35,36)(H,29,30,31). The first kappa shape index (κ1) is 24.4. The Labute approximate surface area is 215 Å². The third-order valence-corrected chi connectivity index (χ3v) is 6.62. The smallest absolute Gasteiger partial charge is 0.335 e. The number of nitrogens with zero attached hydrogens (tertiary/aromatic N) is 5. The number of benzene rings is 1. The SMILES string of the molecule is Cc1cc(Nc2cc(OC3CCCCC3)ccn2)nc(-c2cn(C(C)c3ccc(C(=O)O)cc3)nn2)c1. The molecule has 3 heterocycles. The molecule has 9 heteroatoms. The van der Waals surface area contributed by atoms with E-state index in [1.807, 2.05) is 44.3 Å². The normalized spacial score (nSPS) is 14.8. The molecule has 0 radical (unpaired) electrons. The van der Waals surface area contributed by atoms with Crippen LogP contribution in [0.15, 0.2) is 60.9 Å². The van der Waals surface area contributed by atoms with Crippen molar-refractivity contribution >= 4 is 17.6 Å². The molecule has 37 heavy (non-hydrogen) atoms. The van der Waals surface area contributed by atoms with Crippen LogP contribution in [0.25, 0.3) is 11.4 Å². The first-order valence-corrected chi connectivity index (χ1v) is 12.6. The van der Waals surface area contributed by atoms with Gasteiger partial charge in [0.25, 0.3) is 0 Å². The van der Waals surface area contributed by atoms with Crippen molar-refractivity contribution in [2.45, 2.75) is 58.1 Å². The molecule has 5 rings (SSSR count). The van der Waals surface area contributed by atoms with Gasteiger partial charge in [0.1, 0.15) is 23.1 Å². The lowest BCUT2D eigenvalue weighted by Gasteiger charge is -2.23. The molecule has 1 saturated carbocycles. The number of carboxylic acid groups (broad SMARTS) is 1. The largest absolute Gasteiger partial charge is 0.490 e. The van der Waals surface area contributed by atoms with E-state index in [-0.39, 0.29) is 17.7 Å². The number of carbonyl (C=O) groups is 1. The van der Waals surface area contributed by atoms with Crippen molar-refractivity contribution in [2.24, 2.45) is 0 Å². The van der Waals surface area contributed by atoms with Crippen molar-refractivity contribution in [1.29, 1.82) is 0 Å². The number of pyridine rings is 2. The lowest BCUT2D eigenvalue weighted by Crippen LogP contribution is -2.19. The molecule has 0 amide bonds. The second kappa shape index (κ2) is 10.8. The van der Waals surface area contributed by atoms with Gasteiger partial charge in [-0.1, -0.05) is 23.8 Å². The van der Waals surface area contributed by atoms with Gasteiger partial charge in [-0.2, -0.15) is 0 Å². The summed E-state index contributed by atoms with van der Waals surface area (Å²) in [5, 5.41) is 21.1. The Kier molecular flexibility index (Phi) is 7.11. The van der Waals surface area contributed by atoms with Crippen LogP contribution in [0.3, 0.4) is 0 Å². The lowest BCUT2D eigenvalue weighted by atomic mass is 9.98. The Morgan fingerprint density at radius 1 is 1.05 bits per heavy atom. The van der Waals surface area contributed by atoms with Crippen LogP contribution in [-0.4, -0.2) is 42.1 Å². The van der Waals surface area contributed by atoms with Crippen LogP contribution >= 0.6 is 0 Å². The summed E-state index contributed by atoms with van der Waals surface area (Å²) in [5.74, 6) is 1.19. The van der Waals surface area contributed by atoms with E-state index in [1.54, 1.807) is 35.1 Å². The quantitative estimate of drug-likeness (QED) is 0.313. The van der Waals surface area contributed by atoms with Gasteiger partial charge in [-0.25, -0.2) is 19.4 Å². The van der Waals surface area contributed by atoms with Crippen molar-refractivity contribution in [1.82, 2.24) is 25.0 Å². The van der Waals surface area contributed by atoms with E-state index < -0.39 is 5.97 Å². The summed E-state index contributed by atoms with van der Waals surface area (Å²) in [6.45, 7) is 3.99. The average molecular weight is 499 g/mol. The van der Waals surface area contributed by atoms with E-state index in [0.29, 0.717) is 23.0 Å². The van der Waals surface area contributed by atoms with Crippen LogP contribution in [0.5, 0.6) is 5.75 Å². The first-order valence-electron chi connectivity index (χ1n) is 12.6. The number of aromatic carboxylic acids is 1. The summed E-state index contributed by atoms with van der Waals surface area (Å²) >= 11 is 0. The van der Waals surface area contributed by atoms with Gasteiger partial charge in [0.2, 0.25) is 0 Å². The Bertz CT molecular complexity index is 1380. The zero-order valence-corrected chi connectivity index (χ0v) is 21.0. The highest BCUT2D eigenvalue weighted by atomic mass is 16.5. The number of hydrogen-bond donors (Lipinski definition) is 2. The predicted molar refractivity (Wildman–Crippen MR) is 140 cm³/mol. The zero-order valence-electron chi connectivity index (χ0n) is 21.0. The summed E-state index contributed by atoms with van der Waals surface area (Å²) in [5.41, 5.74) is 3.54. The highest BCUT2D eigenvalue weighted by molar-refractivity contribution is 5.87. The molecule has 0 saturated heterocycles. The van der Waals surface area contributed by atoms with Gasteiger partial charge in [-0.15, -0.1) is 5.10 Å². The molecule has 0 aliphatic heterocycles. The molecule has 1 aliphatic rings. The van der Waals surface area contributed by atoms with Crippen LogP contribution in [0.4, 0.5) is 11.6 Å². The van der Waals surface area contributed by atoms with Crippen LogP contribution < -0.4 is 10.1 Å². The van der Waals surface area contributed by atoms with Crippen molar-refractivity contribution in [3.63, 3.8) is 0 Å². The number of ether oxygens (including phenoxy) is 1. The number of anilines is 2. The molecule has 1 fully saturated rings. The van der Waals surface area contributed by atoms with Gasteiger partial charge in [-0.05, 0) is 81.0 Å². The monoisotopic (exact) mass is 498 g/mol. The maximum atomic E-state index is 11.1. The topological polar surface area (TPSA) is 115 Å². The summed E-state index contributed by atoms with van der Waals surface area (Å²) in [6.07, 6.45) is 9.78. The number of rotatable bonds is 8. The Morgan fingerprint density at radius 2 is 1.84 bits per heavy atom. The molecule has 4 aromatic rings. The van der Waals surface area contributed by atoms with Gasteiger partial charge < -0.3 is 15.2 Å². The number of nitrogens with one attached hydrogen (secondary N) is 1. The minimum atomic E-state index is -0.948. The summed E-state index contributed by atoms with van der Waals surface area (Å²) < 4.78 is 7.93. The van der Waals surface area contributed by atoms with E-state index in [4.69, 9.17) is 14.8 Å². The second-order valence-electron chi connectivity index (χ2n) is 9.48.